The van der Waals surface area contributed by atoms with Gasteiger partial charge < -0.3 is 9.47 Å². The van der Waals surface area contributed by atoms with Crippen LogP contribution in [0.2, 0.25) is 5.02 Å². The van der Waals surface area contributed by atoms with Crippen LogP contribution >= 0.6 is 11.6 Å². The molecule has 2 bridgehead atoms. The summed E-state index contributed by atoms with van der Waals surface area (Å²) in [6.07, 6.45) is 3.26. The SMILES string of the molecule is Cc1c(C(=O)N2CC3(C)CC2CC(C)(C)C3)cc(-c2ccc(Cl)cc2)n1-c1ccc(F)cc1. The second kappa shape index (κ2) is 7.73. The lowest BCUT2D eigenvalue weighted by atomic mass is 9.65. The van der Waals surface area contributed by atoms with Crippen molar-refractivity contribution in [2.24, 2.45) is 10.8 Å². The predicted molar refractivity (Wildman–Crippen MR) is 131 cm³/mol. The first-order valence-corrected chi connectivity index (χ1v) is 12.0. The van der Waals surface area contributed by atoms with E-state index in [4.69, 9.17) is 11.6 Å². The second-order valence-corrected chi connectivity index (χ2v) is 11.4. The van der Waals surface area contributed by atoms with Crippen LogP contribution in [0.25, 0.3) is 16.9 Å². The zero-order valence-corrected chi connectivity index (χ0v) is 20.4. The van der Waals surface area contributed by atoms with Crippen molar-refractivity contribution in [2.45, 2.75) is 53.0 Å². The molecule has 0 radical (unpaired) electrons. The second-order valence-electron chi connectivity index (χ2n) is 11.0. The average Bonchev–Trinajstić information content (AvgIpc) is 3.21. The number of amides is 1. The van der Waals surface area contributed by atoms with Crippen molar-refractivity contribution >= 4 is 17.5 Å². The smallest absolute Gasteiger partial charge is 0.255 e. The number of nitrogens with zero attached hydrogens (tertiary/aromatic N) is 2. The maximum absolute atomic E-state index is 13.9. The standard InChI is InChI=1S/C28H30ClFN2O/c1-18-24(26(33)31-17-28(4)15-23(31)14-27(2,3)16-28)13-25(19-5-7-20(29)8-6-19)32(18)22-11-9-21(30)10-12-22/h5-13,23H,14-17H2,1-4H3. The normalized spacial score (nSPS) is 23.7. The number of hydrogen-bond acceptors (Lipinski definition) is 1. The van der Waals surface area contributed by atoms with E-state index in [1.165, 1.54) is 12.1 Å². The van der Waals surface area contributed by atoms with E-state index in [1.54, 1.807) is 12.1 Å². The lowest BCUT2D eigenvalue weighted by Crippen LogP contribution is -2.37. The van der Waals surface area contributed by atoms with Crippen molar-refractivity contribution in [1.29, 1.82) is 0 Å². The lowest BCUT2D eigenvalue weighted by molar-refractivity contribution is 0.0707. The molecule has 0 N–H and O–H groups in total. The van der Waals surface area contributed by atoms with E-state index in [0.717, 1.165) is 48.4 Å². The Labute approximate surface area is 200 Å². The largest absolute Gasteiger partial charge is 0.335 e. The van der Waals surface area contributed by atoms with Gasteiger partial charge in [-0.1, -0.05) is 44.5 Å². The van der Waals surface area contributed by atoms with Gasteiger partial charge in [-0.15, -0.1) is 0 Å². The molecule has 2 aromatic carbocycles. The van der Waals surface area contributed by atoms with Gasteiger partial charge in [0.15, 0.2) is 0 Å². The van der Waals surface area contributed by atoms with Crippen LogP contribution in [-0.4, -0.2) is 28.0 Å². The number of fused-ring (bicyclic) bond motifs is 2. The molecule has 2 fully saturated rings. The third-order valence-corrected chi connectivity index (χ3v) is 7.63. The molecule has 1 amide bonds. The third-order valence-electron chi connectivity index (χ3n) is 7.38. The molecule has 1 saturated carbocycles. The molecule has 2 heterocycles. The van der Waals surface area contributed by atoms with E-state index in [2.05, 4.69) is 25.7 Å². The number of benzene rings is 2. The van der Waals surface area contributed by atoms with Crippen molar-refractivity contribution in [3.8, 4) is 16.9 Å². The predicted octanol–water partition coefficient (Wildman–Crippen LogP) is 7.29. The Hall–Kier alpha value is -2.59. The van der Waals surface area contributed by atoms with E-state index in [-0.39, 0.29) is 28.6 Å². The van der Waals surface area contributed by atoms with E-state index in [9.17, 15) is 9.18 Å². The molecule has 1 aliphatic heterocycles. The summed E-state index contributed by atoms with van der Waals surface area (Å²) < 4.78 is 15.7. The number of likely N-dealkylation sites (tertiary alicyclic amines) is 1. The molecule has 1 saturated heterocycles. The fourth-order valence-electron chi connectivity index (χ4n) is 6.43. The Kier molecular flexibility index (Phi) is 5.20. The summed E-state index contributed by atoms with van der Waals surface area (Å²) in [6.45, 7) is 9.74. The molecule has 5 rings (SSSR count). The molecule has 1 aliphatic carbocycles. The number of hydrogen-bond donors (Lipinski definition) is 0. The van der Waals surface area contributed by atoms with E-state index >= 15 is 0 Å². The highest BCUT2D eigenvalue weighted by Crippen LogP contribution is 2.53. The van der Waals surface area contributed by atoms with Crippen LogP contribution in [-0.2, 0) is 0 Å². The van der Waals surface area contributed by atoms with E-state index in [0.29, 0.717) is 10.6 Å². The minimum atomic E-state index is -0.284. The molecule has 172 valence electrons. The Morgan fingerprint density at radius 3 is 2.36 bits per heavy atom. The van der Waals surface area contributed by atoms with Crippen molar-refractivity contribution in [3.63, 3.8) is 0 Å². The van der Waals surface area contributed by atoms with Crippen molar-refractivity contribution < 1.29 is 9.18 Å². The summed E-state index contributed by atoms with van der Waals surface area (Å²) in [5.41, 5.74) is 4.67. The van der Waals surface area contributed by atoms with Gasteiger partial charge in [0.05, 0.1) is 11.3 Å². The highest BCUT2D eigenvalue weighted by Gasteiger charge is 2.51. The molecule has 5 heteroatoms. The highest BCUT2D eigenvalue weighted by molar-refractivity contribution is 6.30. The van der Waals surface area contributed by atoms with Gasteiger partial charge >= 0.3 is 0 Å². The quantitative estimate of drug-likeness (QED) is 0.399. The maximum Gasteiger partial charge on any atom is 0.255 e. The fraction of sp³-hybridized carbons (Fsp3) is 0.393. The molecular weight excluding hydrogens is 435 g/mol. The highest BCUT2D eigenvalue weighted by atomic mass is 35.5. The van der Waals surface area contributed by atoms with Crippen LogP contribution in [0, 0.1) is 23.6 Å². The molecular formula is C28H30ClFN2O. The summed E-state index contributed by atoms with van der Waals surface area (Å²) in [6, 6.07) is 16.3. The number of carbonyl (C=O) groups is 1. The molecule has 3 nitrogen and oxygen atoms in total. The van der Waals surface area contributed by atoms with Gasteiger partial charge in [-0.25, -0.2) is 4.39 Å². The number of rotatable bonds is 3. The first kappa shape index (κ1) is 22.2. The summed E-state index contributed by atoms with van der Waals surface area (Å²) in [5, 5.41) is 0.659. The van der Waals surface area contributed by atoms with Crippen LogP contribution in [0.3, 0.4) is 0 Å². The summed E-state index contributed by atoms with van der Waals surface area (Å²) in [7, 11) is 0. The topological polar surface area (TPSA) is 25.2 Å². The van der Waals surface area contributed by atoms with Gasteiger partial charge in [0.25, 0.3) is 5.91 Å². The van der Waals surface area contributed by atoms with Gasteiger partial charge in [0.1, 0.15) is 5.82 Å². The monoisotopic (exact) mass is 464 g/mol. The average molecular weight is 465 g/mol. The Bertz CT molecular complexity index is 1210. The van der Waals surface area contributed by atoms with Crippen LogP contribution < -0.4 is 0 Å². The first-order valence-electron chi connectivity index (χ1n) is 11.6. The van der Waals surface area contributed by atoms with Gasteiger partial charge in [-0.3, -0.25) is 4.79 Å². The molecule has 2 unspecified atom stereocenters. The molecule has 3 aromatic rings. The zero-order valence-electron chi connectivity index (χ0n) is 19.7. The molecule has 33 heavy (non-hydrogen) atoms. The molecule has 2 atom stereocenters. The van der Waals surface area contributed by atoms with Crippen molar-refractivity contribution in [3.05, 3.63) is 76.7 Å². The number of carbonyl (C=O) groups excluding carboxylic acids is 1. The third kappa shape index (κ3) is 3.99. The first-order chi connectivity index (χ1) is 15.6. The summed E-state index contributed by atoms with van der Waals surface area (Å²) in [4.78, 5) is 16.0. The Morgan fingerprint density at radius 2 is 1.70 bits per heavy atom. The molecule has 0 spiro atoms. The van der Waals surface area contributed by atoms with Gasteiger partial charge in [0, 0.05) is 29.0 Å². The van der Waals surface area contributed by atoms with Crippen molar-refractivity contribution in [2.75, 3.05) is 6.54 Å². The molecule has 2 aliphatic rings. The van der Waals surface area contributed by atoms with Crippen LogP contribution in [0.5, 0.6) is 0 Å². The fourth-order valence-corrected chi connectivity index (χ4v) is 6.56. The summed E-state index contributed by atoms with van der Waals surface area (Å²) in [5.74, 6) is -0.192. The maximum atomic E-state index is 13.9. The zero-order chi connectivity index (χ0) is 23.5. The van der Waals surface area contributed by atoms with Gasteiger partial charge in [-0.2, -0.15) is 0 Å². The van der Waals surface area contributed by atoms with E-state index < -0.39 is 0 Å². The lowest BCUT2D eigenvalue weighted by Gasteiger charge is -2.39. The van der Waals surface area contributed by atoms with Gasteiger partial charge in [-0.05, 0) is 85.0 Å². The van der Waals surface area contributed by atoms with E-state index in [1.807, 2.05) is 41.8 Å². The minimum absolute atomic E-state index is 0.0926. The van der Waals surface area contributed by atoms with Crippen molar-refractivity contribution in [1.82, 2.24) is 9.47 Å². The Balaban J connectivity index is 1.60. The van der Waals surface area contributed by atoms with Crippen LogP contribution in [0.1, 0.15) is 56.1 Å². The Morgan fingerprint density at radius 1 is 1.03 bits per heavy atom. The minimum Gasteiger partial charge on any atom is -0.335 e. The molecule has 1 aromatic heterocycles. The summed E-state index contributed by atoms with van der Waals surface area (Å²) >= 11 is 6.12. The van der Waals surface area contributed by atoms with Crippen LogP contribution in [0.4, 0.5) is 4.39 Å². The number of halogens is 2. The van der Waals surface area contributed by atoms with Crippen LogP contribution in [0.15, 0.2) is 54.6 Å². The number of aromatic nitrogens is 1. The van der Waals surface area contributed by atoms with Gasteiger partial charge in [0.2, 0.25) is 0 Å².